The first-order chi connectivity index (χ1) is 16.5. The third-order valence-electron chi connectivity index (χ3n) is 5.41. The number of halogens is 1. The monoisotopic (exact) mass is 481 g/mol. The quantitative estimate of drug-likeness (QED) is 0.450. The number of benzene rings is 2. The van der Waals surface area contributed by atoms with E-state index in [0.717, 1.165) is 9.78 Å². The van der Waals surface area contributed by atoms with Crippen molar-refractivity contribution in [3.63, 3.8) is 0 Å². The van der Waals surface area contributed by atoms with Crippen LogP contribution in [0.15, 0.2) is 66.0 Å². The summed E-state index contributed by atoms with van der Waals surface area (Å²) in [6, 6.07) is 14.5. The van der Waals surface area contributed by atoms with Crippen molar-refractivity contribution in [2.75, 3.05) is 23.4 Å². The number of amides is 4. The lowest BCUT2D eigenvalue weighted by Crippen LogP contribution is -2.39. The molecule has 1 aliphatic rings. The van der Waals surface area contributed by atoms with Crippen LogP contribution in [0.2, 0.25) is 0 Å². The number of urea groups is 1. The Kier molecular flexibility index (Phi) is 7.22. The average Bonchev–Trinajstić information content (AvgIpc) is 3.42. The van der Waals surface area contributed by atoms with Gasteiger partial charge in [0.05, 0.1) is 18.7 Å². The predicted octanol–water partition coefficient (Wildman–Crippen LogP) is 4.69. The topological polar surface area (TPSA) is 79.0 Å². The first-order valence-corrected chi connectivity index (χ1v) is 11.8. The highest BCUT2D eigenvalue weighted by Crippen LogP contribution is 2.28. The van der Waals surface area contributed by atoms with E-state index in [0.29, 0.717) is 24.5 Å². The normalized spacial score (nSPS) is 15.6. The van der Waals surface area contributed by atoms with Crippen LogP contribution in [0, 0.1) is 5.82 Å². The van der Waals surface area contributed by atoms with Crippen LogP contribution >= 0.6 is 11.3 Å². The van der Waals surface area contributed by atoms with E-state index < -0.39 is 29.7 Å². The number of thiophene rings is 1. The summed E-state index contributed by atoms with van der Waals surface area (Å²) >= 11 is 1.56. The third-order valence-corrected chi connectivity index (χ3v) is 6.35. The van der Waals surface area contributed by atoms with Crippen molar-refractivity contribution < 1.29 is 23.5 Å². The van der Waals surface area contributed by atoms with E-state index in [1.165, 1.54) is 29.2 Å². The van der Waals surface area contributed by atoms with Crippen LogP contribution in [-0.2, 0) is 16.0 Å². The summed E-state index contributed by atoms with van der Waals surface area (Å²) in [4.78, 5) is 42.8. The maximum Gasteiger partial charge on any atom is 0.332 e. The van der Waals surface area contributed by atoms with E-state index in [1.807, 2.05) is 24.4 Å². The van der Waals surface area contributed by atoms with Gasteiger partial charge in [0.25, 0.3) is 5.91 Å². The molecule has 34 heavy (non-hydrogen) atoms. The minimum atomic E-state index is -0.958. The van der Waals surface area contributed by atoms with Gasteiger partial charge in [0, 0.05) is 17.1 Å². The summed E-state index contributed by atoms with van der Waals surface area (Å²) in [5, 5.41) is 4.72. The number of ether oxygens (including phenoxy) is 1. The maximum absolute atomic E-state index is 13.4. The number of anilines is 2. The minimum Gasteiger partial charge on any atom is -0.494 e. The maximum atomic E-state index is 13.4. The average molecular weight is 482 g/mol. The molecule has 1 aliphatic heterocycles. The first-order valence-electron chi connectivity index (χ1n) is 10.9. The summed E-state index contributed by atoms with van der Waals surface area (Å²) in [6.45, 7) is 2.70. The van der Waals surface area contributed by atoms with E-state index in [4.69, 9.17) is 4.74 Å². The van der Waals surface area contributed by atoms with Crippen molar-refractivity contribution in [1.29, 1.82) is 0 Å². The van der Waals surface area contributed by atoms with Crippen molar-refractivity contribution in [2.24, 2.45) is 0 Å². The fourth-order valence-electron chi connectivity index (χ4n) is 3.79. The van der Waals surface area contributed by atoms with Gasteiger partial charge in [-0.25, -0.2) is 14.1 Å². The summed E-state index contributed by atoms with van der Waals surface area (Å²) in [7, 11) is 0. The largest absolute Gasteiger partial charge is 0.494 e. The van der Waals surface area contributed by atoms with Gasteiger partial charge in [0.1, 0.15) is 17.6 Å². The molecule has 0 saturated carbocycles. The molecule has 2 heterocycles. The van der Waals surface area contributed by atoms with Crippen LogP contribution in [0.5, 0.6) is 5.75 Å². The van der Waals surface area contributed by atoms with E-state index in [9.17, 15) is 18.8 Å². The molecule has 9 heteroatoms. The summed E-state index contributed by atoms with van der Waals surface area (Å²) in [6.07, 6.45) is 0.366. The van der Waals surface area contributed by atoms with Gasteiger partial charge in [0.2, 0.25) is 5.91 Å². The summed E-state index contributed by atoms with van der Waals surface area (Å²) < 4.78 is 18.8. The zero-order valence-corrected chi connectivity index (χ0v) is 19.4. The van der Waals surface area contributed by atoms with E-state index in [2.05, 4.69) is 5.32 Å². The van der Waals surface area contributed by atoms with E-state index in [1.54, 1.807) is 35.6 Å². The van der Waals surface area contributed by atoms with Crippen LogP contribution in [0.25, 0.3) is 0 Å². The fourth-order valence-corrected chi connectivity index (χ4v) is 4.49. The van der Waals surface area contributed by atoms with Gasteiger partial charge < -0.3 is 15.0 Å². The Morgan fingerprint density at radius 3 is 2.47 bits per heavy atom. The molecular formula is C25H24FN3O4S. The van der Waals surface area contributed by atoms with E-state index >= 15 is 0 Å². The molecule has 3 aromatic rings. The zero-order valence-electron chi connectivity index (χ0n) is 18.6. The van der Waals surface area contributed by atoms with Gasteiger partial charge in [-0.1, -0.05) is 6.07 Å². The molecule has 1 fully saturated rings. The smallest absolute Gasteiger partial charge is 0.332 e. The van der Waals surface area contributed by atoms with Gasteiger partial charge in [-0.05, 0) is 73.3 Å². The fraction of sp³-hybridized carbons (Fsp3) is 0.240. The van der Waals surface area contributed by atoms with Gasteiger partial charge in [-0.2, -0.15) is 0 Å². The first kappa shape index (κ1) is 23.4. The van der Waals surface area contributed by atoms with E-state index in [-0.39, 0.29) is 18.7 Å². The number of carbonyl (C=O) groups is 3. The molecule has 7 nitrogen and oxygen atoms in total. The molecule has 1 atom stereocenters. The lowest BCUT2D eigenvalue weighted by molar-refractivity contribution is -0.124. The summed E-state index contributed by atoms with van der Waals surface area (Å²) in [5.41, 5.74) is 0.831. The molecule has 0 bridgehead atoms. The minimum absolute atomic E-state index is 0.195. The molecule has 0 aliphatic carbocycles. The predicted molar refractivity (Wildman–Crippen MR) is 129 cm³/mol. The van der Waals surface area contributed by atoms with Crippen molar-refractivity contribution in [3.8, 4) is 5.75 Å². The number of rotatable bonds is 9. The molecule has 1 N–H and O–H groups in total. The van der Waals surface area contributed by atoms with Crippen LogP contribution in [0.1, 0.15) is 18.2 Å². The van der Waals surface area contributed by atoms with Crippen molar-refractivity contribution in [3.05, 3.63) is 76.7 Å². The number of hydrogen-bond donors (Lipinski definition) is 1. The molecule has 1 aromatic heterocycles. The lowest BCUT2D eigenvalue weighted by Gasteiger charge is -2.21. The number of hydrogen-bond acceptors (Lipinski definition) is 5. The Labute approximate surface area is 200 Å². The molecule has 1 saturated heterocycles. The second-order valence-corrected chi connectivity index (χ2v) is 8.71. The lowest BCUT2D eigenvalue weighted by atomic mass is 10.1. The highest BCUT2D eigenvalue weighted by Gasteiger charge is 2.46. The Hall–Kier alpha value is -3.72. The standard InChI is InChI=1S/C25H24FN3O4S/c1-2-33-20-11-7-18(8-12-20)27-23(30)16-22-24(31)29(19-9-5-17(26)6-10-19)25(32)28(22)14-13-21-4-3-15-34-21/h3-12,15,22H,2,13-14,16H2,1H3,(H,27,30). The Bertz CT molecular complexity index is 1150. The zero-order chi connectivity index (χ0) is 24.1. The molecule has 2 aromatic carbocycles. The Balaban J connectivity index is 1.51. The van der Waals surface area contributed by atoms with Crippen molar-refractivity contribution >= 4 is 40.6 Å². The van der Waals surface area contributed by atoms with Crippen molar-refractivity contribution in [2.45, 2.75) is 25.8 Å². The molecule has 176 valence electrons. The van der Waals surface area contributed by atoms with Crippen LogP contribution in [-0.4, -0.2) is 41.9 Å². The van der Waals surface area contributed by atoms with Gasteiger partial charge in [0.15, 0.2) is 0 Å². The van der Waals surface area contributed by atoms with Gasteiger partial charge in [-0.3, -0.25) is 9.59 Å². The SMILES string of the molecule is CCOc1ccc(NC(=O)CC2C(=O)N(c3ccc(F)cc3)C(=O)N2CCc2cccs2)cc1. The summed E-state index contributed by atoms with van der Waals surface area (Å²) in [5.74, 6) is -0.683. The molecule has 0 radical (unpaired) electrons. The Morgan fingerprint density at radius 1 is 1.09 bits per heavy atom. The number of carbonyl (C=O) groups excluding carboxylic acids is 3. The van der Waals surface area contributed by atoms with Crippen LogP contribution in [0.4, 0.5) is 20.6 Å². The molecular weight excluding hydrogens is 457 g/mol. The third kappa shape index (κ3) is 5.26. The number of nitrogens with zero attached hydrogens (tertiary/aromatic N) is 2. The molecule has 4 rings (SSSR count). The second kappa shape index (κ2) is 10.5. The highest BCUT2D eigenvalue weighted by atomic mass is 32.1. The Morgan fingerprint density at radius 2 is 1.82 bits per heavy atom. The van der Waals surface area contributed by atoms with Crippen molar-refractivity contribution in [1.82, 2.24) is 4.90 Å². The van der Waals surface area contributed by atoms with Gasteiger partial charge >= 0.3 is 6.03 Å². The van der Waals surface area contributed by atoms with Crippen LogP contribution in [0.3, 0.4) is 0 Å². The van der Waals surface area contributed by atoms with Crippen LogP contribution < -0.4 is 15.0 Å². The second-order valence-electron chi connectivity index (χ2n) is 7.68. The number of imide groups is 1. The van der Waals surface area contributed by atoms with Gasteiger partial charge in [-0.15, -0.1) is 11.3 Å². The highest BCUT2D eigenvalue weighted by molar-refractivity contribution is 7.09. The molecule has 1 unspecified atom stereocenters. The molecule has 4 amide bonds. The molecule has 0 spiro atoms. The number of nitrogens with one attached hydrogen (secondary N) is 1.